The Kier molecular flexibility index (Phi) is 8.40. The molecule has 2 rings (SSSR count). The number of nitro benzene ring substituents is 1. The molecular formula is C21H23N3O7. The van der Waals surface area contributed by atoms with Crippen LogP contribution in [0.2, 0.25) is 0 Å². The van der Waals surface area contributed by atoms with Crippen LogP contribution < -0.4 is 0 Å². The van der Waals surface area contributed by atoms with E-state index in [1.807, 2.05) is 6.07 Å². The second-order valence-electron chi connectivity index (χ2n) is 6.76. The lowest BCUT2D eigenvalue weighted by molar-refractivity contribution is -0.384. The zero-order valence-electron chi connectivity index (χ0n) is 17.5. The summed E-state index contributed by atoms with van der Waals surface area (Å²) in [4.78, 5) is 40.8. The third-order valence-corrected chi connectivity index (χ3v) is 4.72. The summed E-state index contributed by atoms with van der Waals surface area (Å²) >= 11 is 0. The van der Waals surface area contributed by atoms with Crippen LogP contribution in [-0.4, -0.2) is 49.5 Å². The highest BCUT2D eigenvalue weighted by Gasteiger charge is 2.42. The summed E-state index contributed by atoms with van der Waals surface area (Å²) in [5, 5.41) is 20.0. The molecule has 0 aromatic heterocycles. The van der Waals surface area contributed by atoms with Gasteiger partial charge in [0.05, 0.1) is 29.6 Å². The molecule has 2 atom stereocenters. The predicted molar refractivity (Wildman–Crippen MR) is 109 cm³/mol. The van der Waals surface area contributed by atoms with E-state index < -0.39 is 28.7 Å². The molecule has 1 heterocycles. The average molecular weight is 429 g/mol. The number of nitriles is 1. The highest BCUT2D eigenvalue weighted by molar-refractivity contribution is 6.07. The van der Waals surface area contributed by atoms with Crippen LogP contribution in [0.3, 0.4) is 0 Å². The zero-order valence-corrected chi connectivity index (χ0v) is 17.5. The molecule has 0 radical (unpaired) electrons. The van der Waals surface area contributed by atoms with Crippen molar-refractivity contribution < 1.29 is 28.7 Å². The van der Waals surface area contributed by atoms with Gasteiger partial charge in [0.15, 0.2) is 0 Å². The van der Waals surface area contributed by atoms with Gasteiger partial charge in [-0.05, 0) is 19.4 Å². The van der Waals surface area contributed by atoms with E-state index in [0.29, 0.717) is 17.0 Å². The molecule has 164 valence electrons. The van der Waals surface area contributed by atoms with Gasteiger partial charge in [0.25, 0.3) is 5.69 Å². The van der Waals surface area contributed by atoms with Crippen LogP contribution in [-0.2, 0) is 23.8 Å². The van der Waals surface area contributed by atoms with E-state index in [9.17, 15) is 19.7 Å². The third-order valence-electron chi connectivity index (χ3n) is 4.72. The van der Waals surface area contributed by atoms with Crippen molar-refractivity contribution in [3.8, 4) is 6.07 Å². The number of hydrogen-bond donors (Lipinski definition) is 0. The van der Waals surface area contributed by atoms with Crippen molar-refractivity contribution in [2.75, 3.05) is 26.9 Å². The molecule has 1 aliphatic heterocycles. The standard InChI is InChI=1S/C21H23N3O7/c1-13-17(20(25)30-9-5-8-22)19(15-6-4-7-16(12-15)24(27)28)18(14(2)23-13)21(26)31-11-10-29-3/h4,6-7,12,18-19H,5,9-11H2,1-3H3. The van der Waals surface area contributed by atoms with Crippen molar-refractivity contribution in [3.05, 3.63) is 51.2 Å². The van der Waals surface area contributed by atoms with Gasteiger partial charge in [0.1, 0.15) is 19.1 Å². The van der Waals surface area contributed by atoms with Gasteiger partial charge in [-0.3, -0.25) is 19.9 Å². The maximum absolute atomic E-state index is 12.9. The lowest BCUT2D eigenvalue weighted by atomic mass is 9.75. The molecule has 0 spiro atoms. The van der Waals surface area contributed by atoms with E-state index >= 15 is 0 Å². The van der Waals surface area contributed by atoms with Gasteiger partial charge in [-0.1, -0.05) is 12.1 Å². The number of benzene rings is 1. The van der Waals surface area contributed by atoms with E-state index in [1.165, 1.54) is 25.3 Å². The average Bonchev–Trinajstić information content (AvgIpc) is 2.73. The van der Waals surface area contributed by atoms with Crippen molar-refractivity contribution in [2.45, 2.75) is 26.2 Å². The first kappa shape index (κ1) is 23.7. The van der Waals surface area contributed by atoms with Gasteiger partial charge in [0.2, 0.25) is 0 Å². The number of nitrogens with zero attached hydrogens (tertiary/aromatic N) is 3. The summed E-state index contributed by atoms with van der Waals surface area (Å²) in [6.07, 6.45) is 0.00429. The van der Waals surface area contributed by atoms with Crippen molar-refractivity contribution >= 4 is 23.3 Å². The van der Waals surface area contributed by atoms with E-state index in [-0.39, 0.29) is 37.5 Å². The minimum atomic E-state index is -0.985. The highest BCUT2D eigenvalue weighted by Crippen LogP contribution is 2.41. The monoisotopic (exact) mass is 429 g/mol. The molecular weight excluding hydrogens is 406 g/mol. The highest BCUT2D eigenvalue weighted by atomic mass is 16.6. The molecule has 10 nitrogen and oxygen atoms in total. The maximum Gasteiger partial charge on any atom is 0.336 e. The molecule has 1 aliphatic rings. The quantitative estimate of drug-likeness (QED) is 0.252. The first-order valence-corrected chi connectivity index (χ1v) is 9.51. The summed E-state index contributed by atoms with van der Waals surface area (Å²) in [5.74, 6) is -3.26. The van der Waals surface area contributed by atoms with Gasteiger partial charge in [-0.25, -0.2) is 4.79 Å². The van der Waals surface area contributed by atoms with Gasteiger partial charge >= 0.3 is 11.9 Å². The number of non-ortho nitro benzene ring substituents is 1. The summed E-state index contributed by atoms with van der Waals surface area (Å²) in [5.41, 5.74) is 1.03. The van der Waals surface area contributed by atoms with Gasteiger partial charge < -0.3 is 14.2 Å². The van der Waals surface area contributed by atoms with Gasteiger partial charge in [-0.15, -0.1) is 0 Å². The van der Waals surface area contributed by atoms with Crippen LogP contribution in [0.1, 0.15) is 31.7 Å². The lowest BCUT2D eigenvalue weighted by Gasteiger charge is -2.31. The molecule has 0 aliphatic carbocycles. The van der Waals surface area contributed by atoms with Crippen molar-refractivity contribution in [3.63, 3.8) is 0 Å². The molecule has 0 fully saturated rings. The van der Waals surface area contributed by atoms with Crippen LogP contribution >= 0.6 is 0 Å². The number of rotatable bonds is 9. The molecule has 0 saturated heterocycles. The number of allylic oxidation sites excluding steroid dienone is 1. The minimum absolute atomic E-state index is 0.00429. The largest absolute Gasteiger partial charge is 0.463 e. The normalized spacial score (nSPS) is 18.1. The van der Waals surface area contributed by atoms with Crippen molar-refractivity contribution in [2.24, 2.45) is 10.9 Å². The number of hydrogen-bond acceptors (Lipinski definition) is 9. The summed E-state index contributed by atoms with van der Waals surface area (Å²) in [6.45, 7) is 3.30. The number of nitro groups is 1. The molecule has 0 bridgehead atoms. The number of carbonyl (C=O) groups is 2. The van der Waals surface area contributed by atoms with Crippen LogP contribution in [0.15, 0.2) is 40.5 Å². The molecule has 10 heteroatoms. The second kappa shape index (κ2) is 11.0. The fourth-order valence-electron chi connectivity index (χ4n) is 3.38. The fraction of sp³-hybridized carbons (Fsp3) is 0.429. The SMILES string of the molecule is COCCOC(=O)C1C(C)=NC(C)=C(C(=O)OCCC#N)C1c1cccc([N+](=O)[O-])c1. The first-order valence-electron chi connectivity index (χ1n) is 9.51. The van der Waals surface area contributed by atoms with Gasteiger partial charge in [-0.2, -0.15) is 5.26 Å². The van der Waals surface area contributed by atoms with Crippen LogP contribution in [0.4, 0.5) is 5.69 Å². The number of carbonyl (C=O) groups excluding carboxylic acids is 2. The predicted octanol–water partition coefficient (Wildman–Crippen LogP) is 2.69. The van der Waals surface area contributed by atoms with E-state index in [2.05, 4.69) is 4.99 Å². The molecule has 31 heavy (non-hydrogen) atoms. The zero-order chi connectivity index (χ0) is 23.0. The fourth-order valence-corrected chi connectivity index (χ4v) is 3.38. The number of esters is 2. The Labute approximate surface area is 179 Å². The Balaban J connectivity index is 2.54. The third kappa shape index (κ3) is 5.73. The van der Waals surface area contributed by atoms with E-state index in [0.717, 1.165) is 0 Å². The van der Waals surface area contributed by atoms with Crippen LogP contribution in [0.25, 0.3) is 0 Å². The summed E-state index contributed by atoms with van der Waals surface area (Å²) < 4.78 is 15.4. The number of ether oxygens (including phenoxy) is 3. The Bertz CT molecular complexity index is 962. The summed E-state index contributed by atoms with van der Waals surface area (Å²) in [6, 6.07) is 7.60. The van der Waals surface area contributed by atoms with E-state index in [4.69, 9.17) is 19.5 Å². The molecule has 1 aromatic rings. The van der Waals surface area contributed by atoms with Gasteiger partial charge in [0, 0.05) is 36.6 Å². The smallest absolute Gasteiger partial charge is 0.336 e. The minimum Gasteiger partial charge on any atom is -0.463 e. The molecule has 1 aromatic carbocycles. The molecule has 0 saturated carbocycles. The Morgan fingerprint density at radius 1 is 1.23 bits per heavy atom. The Morgan fingerprint density at radius 3 is 2.61 bits per heavy atom. The van der Waals surface area contributed by atoms with Crippen LogP contribution in [0.5, 0.6) is 0 Å². The Morgan fingerprint density at radius 2 is 1.97 bits per heavy atom. The van der Waals surface area contributed by atoms with E-state index in [1.54, 1.807) is 19.9 Å². The summed E-state index contributed by atoms with van der Waals surface area (Å²) in [7, 11) is 1.47. The lowest BCUT2D eigenvalue weighted by Crippen LogP contribution is -2.37. The molecule has 2 unspecified atom stereocenters. The number of methoxy groups -OCH3 is 1. The number of aliphatic imine (C=N–C) groups is 1. The van der Waals surface area contributed by atoms with Crippen molar-refractivity contribution in [1.82, 2.24) is 0 Å². The first-order chi connectivity index (χ1) is 14.8. The Hall–Kier alpha value is -3.58. The molecule has 0 amide bonds. The maximum atomic E-state index is 12.9. The molecule has 0 N–H and O–H groups in total. The second-order valence-corrected chi connectivity index (χ2v) is 6.76. The topological polar surface area (TPSA) is 141 Å². The van der Waals surface area contributed by atoms with Crippen molar-refractivity contribution in [1.29, 1.82) is 5.26 Å². The van der Waals surface area contributed by atoms with Crippen LogP contribution in [0, 0.1) is 27.4 Å².